The van der Waals surface area contributed by atoms with Crippen molar-refractivity contribution >= 4 is 12.1 Å². The number of carboxylic acid groups (broad SMARTS) is 1. The summed E-state index contributed by atoms with van der Waals surface area (Å²) in [5.74, 6) is -0.928. The normalized spacial score (nSPS) is 27.6. The highest BCUT2D eigenvalue weighted by Crippen LogP contribution is 2.44. The van der Waals surface area contributed by atoms with Crippen molar-refractivity contribution in [1.29, 1.82) is 0 Å². The summed E-state index contributed by atoms with van der Waals surface area (Å²) in [4.78, 5) is 25.7. The second kappa shape index (κ2) is 6.20. The SMILES string of the molecule is CC(OC(=O)OCc1ccccc1)C1(C(=O)O)CCC2CCN21. The minimum Gasteiger partial charge on any atom is -0.480 e. The van der Waals surface area contributed by atoms with Crippen molar-refractivity contribution in [3.8, 4) is 0 Å². The number of rotatable bonds is 5. The molecule has 2 saturated heterocycles. The predicted molar refractivity (Wildman–Crippen MR) is 81.9 cm³/mol. The van der Waals surface area contributed by atoms with Crippen LogP contribution >= 0.6 is 0 Å². The van der Waals surface area contributed by atoms with Crippen LogP contribution in [-0.4, -0.2) is 46.4 Å². The van der Waals surface area contributed by atoms with Gasteiger partial charge in [-0.1, -0.05) is 30.3 Å². The lowest BCUT2D eigenvalue weighted by molar-refractivity contribution is -0.164. The molecule has 2 fully saturated rings. The van der Waals surface area contributed by atoms with Crippen LogP contribution in [0.4, 0.5) is 4.79 Å². The van der Waals surface area contributed by atoms with Crippen LogP contribution in [-0.2, 0) is 20.9 Å². The number of benzene rings is 1. The Morgan fingerprint density at radius 2 is 2.09 bits per heavy atom. The maximum atomic E-state index is 11.9. The lowest BCUT2D eigenvalue weighted by atomic mass is 9.89. The predicted octanol–water partition coefficient (Wildman–Crippen LogP) is 2.42. The minimum absolute atomic E-state index is 0.110. The number of carboxylic acids is 1. The average molecular weight is 319 g/mol. The standard InChI is InChI=1S/C17H21NO5/c1-12(17(15(19)20)9-7-14-8-10-18(14)17)23-16(21)22-11-13-5-3-2-4-6-13/h2-6,12,14H,7-11H2,1H3,(H,19,20). The van der Waals surface area contributed by atoms with Gasteiger partial charge in [-0.3, -0.25) is 9.69 Å². The fraction of sp³-hybridized carbons (Fsp3) is 0.529. The Hall–Kier alpha value is -2.08. The van der Waals surface area contributed by atoms with E-state index in [1.165, 1.54) is 0 Å². The first-order valence-corrected chi connectivity index (χ1v) is 7.91. The fourth-order valence-electron chi connectivity index (χ4n) is 3.63. The molecule has 3 atom stereocenters. The van der Waals surface area contributed by atoms with Gasteiger partial charge in [-0.05, 0) is 31.7 Å². The van der Waals surface area contributed by atoms with Crippen LogP contribution in [0.25, 0.3) is 0 Å². The molecule has 3 unspecified atom stereocenters. The first-order valence-electron chi connectivity index (χ1n) is 7.91. The second-order valence-electron chi connectivity index (χ2n) is 6.19. The minimum atomic E-state index is -1.12. The number of hydrogen-bond donors (Lipinski definition) is 1. The van der Waals surface area contributed by atoms with E-state index in [1.54, 1.807) is 6.92 Å². The summed E-state index contributed by atoms with van der Waals surface area (Å²) >= 11 is 0. The molecule has 1 aromatic carbocycles. The molecule has 2 aliphatic rings. The van der Waals surface area contributed by atoms with E-state index < -0.39 is 23.8 Å². The van der Waals surface area contributed by atoms with Crippen molar-refractivity contribution in [1.82, 2.24) is 4.90 Å². The Bertz CT molecular complexity index is 590. The lowest BCUT2D eigenvalue weighted by Gasteiger charge is -2.46. The topological polar surface area (TPSA) is 76.1 Å². The van der Waals surface area contributed by atoms with Gasteiger partial charge >= 0.3 is 12.1 Å². The molecule has 124 valence electrons. The molecule has 0 saturated carbocycles. The number of ether oxygens (including phenoxy) is 2. The van der Waals surface area contributed by atoms with Crippen molar-refractivity contribution in [3.63, 3.8) is 0 Å². The van der Waals surface area contributed by atoms with E-state index in [0.29, 0.717) is 12.5 Å². The molecule has 2 aliphatic heterocycles. The van der Waals surface area contributed by atoms with E-state index >= 15 is 0 Å². The summed E-state index contributed by atoms with van der Waals surface area (Å²) in [6.07, 6.45) is 0.763. The molecule has 1 N–H and O–H groups in total. The van der Waals surface area contributed by atoms with Crippen LogP contribution in [0.15, 0.2) is 30.3 Å². The third kappa shape index (κ3) is 2.79. The Balaban J connectivity index is 1.60. The highest BCUT2D eigenvalue weighted by Gasteiger charge is 2.60. The lowest BCUT2D eigenvalue weighted by Crippen LogP contribution is -2.64. The van der Waals surface area contributed by atoms with Gasteiger partial charge in [0.05, 0.1) is 0 Å². The van der Waals surface area contributed by atoms with E-state index in [-0.39, 0.29) is 6.61 Å². The molecule has 0 bridgehead atoms. The second-order valence-corrected chi connectivity index (χ2v) is 6.19. The Morgan fingerprint density at radius 1 is 1.35 bits per heavy atom. The van der Waals surface area contributed by atoms with E-state index in [1.807, 2.05) is 35.2 Å². The molecule has 6 nitrogen and oxygen atoms in total. The maximum absolute atomic E-state index is 11.9. The molecular formula is C17H21NO5. The van der Waals surface area contributed by atoms with E-state index in [4.69, 9.17) is 9.47 Å². The molecule has 23 heavy (non-hydrogen) atoms. The summed E-state index contributed by atoms with van der Waals surface area (Å²) < 4.78 is 10.4. The zero-order valence-corrected chi connectivity index (χ0v) is 13.1. The summed E-state index contributed by atoms with van der Waals surface area (Å²) in [5.41, 5.74) is -0.261. The van der Waals surface area contributed by atoms with Crippen molar-refractivity contribution in [2.45, 2.75) is 50.5 Å². The number of hydrogen-bond acceptors (Lipinski definition) is 5. The Labute approximate surface area is 135 Å². The van der Waals surface area contributed by atoms with Gasteiger partial charge in [-0.15, -0.1) is 0 Å². The zero-order valence-electron chi connectivity index (χ0n) is 13.1. The molecule has 0 radical (unpaired) electrons. The van der Waals surface area contributed by atoms with Gasteiger partial charge < -0.3 is 14.6 Å². The van der Waals surface area contributed by atoms with Gasteiger partial charge in [0.25, 0.3) is 0 Å². The monoisotopic (exact) mass is 319 g/mol. The van der Waals surface area contributed by atoms with Gasteiger partial charge in [0.15, 0.2) is 5.54 Å². The first kappa shape index (κ1) is 15.8. The van der Waals surface area contributed by atoms with Crippen LogP contribution < -0.4 is 0 Å². The molecule has 0 amide bonds. The quantitative estimate of drug-likeness (QED) is 0.840. The zero-order chi connectivity index (χ0) is 16.4. The molecule has 3 rings (SSSR count). The number of fused-ring (bicyclic) bond motifs is 1. The van der Waals surface area contributed by atoms with Crippen LogP contribution in [0.5, 0.6) is 0 Å². The van der Waals surface area contributed by atoms with Crippen molar-refractivity contribution < 1.29 is 24.2 Å². The van der Waals surface area contributed by atoms with E-state index in [2.05, 4.69) is 0 Å². The van der Waals surface area contributed by atoms with Gasteiger partial charge in [0.2, 0.25) is 0 Å². The van der Waals surface area contributed by atoms with Crippen molar-refractivity contribution in [3.05, 3.63) is 35.9 Å². The van der Waals surface area contributed by atoms with E-state index in [9.17, 15) is 14.7 Å². The molecular weight excluding hydrogens is 298 g/mol. The highest BCUT2D eigenvalue weighted by molar-refractivity contribution is 5.81. The van der Waals surface area contributed by atoms with Gasteiger partial charge in [0, 0.05) is 12.6 Å². The molecule has 0 aromatic heterocycles. The molecule has 2 heterocycles. The van der Waals surface area contributed by atoms with Crippen LogP contribution in [0.1, 0.15) is 31.7 Å². The van der Waals surface area contributed by atoms with Crippen LogP contribution in [0.2, 0.25) is 0 Å². The fourth-order valence-corrected chi connectivity index (χ4v) is 3.63. The molecule has 0 spiro atoms. The Morgan fingerprint density at radius 3 is 2.65 bits per heavy atom. The van der Waals surface area contributed by atoms with Crippen molar-refractivity contribution in [2.24, 2.45) is 0 Å². The third-order valence-corrected chi connectivity index (χ3v) is 5.03. The smallest absolute Gasteiger partial charge is 0.480 e. The van der Waals surface area contributed by atoms with E-state index in [0.717, 1.165) is 24.9 Å². The van der Waals surface area contributed by atoms with Crippen LogP contribution in [0, 0.1) is 0 Å². The summed E-state index contributed by atoms with van der Waals surface area (Å²) in [7, 11) is 0. The summed E-state index contributed by atoms with van der Waals surface area (Å²) in [6.45, 7) is 2.49. The number of nitrogens with zero attached hydrogens (tertiary/aromatic N) is 1. The number of carbonyl (C=O) groups is 2. The molecule has 6 heteroatoms. The average Bonchev–Trinajstić information content (AvgIpc) is 2.78. The van der Waals surface area contributed by atoms with Crippen LogP contribution in [0.3, 0.4) is 0 Å². The third-order valence-electron chi connectivity index (χ3n) is 5.03. The summed E-state index contributed by atoms with van der Waals surface area (Å²) in [5, 5.41) is 9.70. The molecule has 0 aliphatic carbocycles. The Kier molecular flexibility index (Phi) is 4.26. The molecule has 1 aromatic rings. The van der Waals surface area contributed by atoms with Gasteiger partial charge in [0.1, 0.15) is 12.7 Å². The van der Waals surface area contributed by atoms with Crippen molar-refractivity contribution in [2.75, 3.05) is 6.54 Å². The summed E-state index contributed by atoms with van der Waals surface area (Å²) in [6, 6.07) is 9.58. The maximum Gasteiger partial charge on any atom is 0.508 e. The highest BCUT2D eigenvalue weighted by atomic mass is 16.7. The van der Waals surface area contributed by atoms with Gasteiger partial charge in [-0.2, -0.15) is 0 Å². The number of carbonyl (C=O) groups excluding carboxylic acids is 1. The number of aliphatic carboxylic acids is 1. The van der Waals surface area contributed by atoms with Gasteiger partial charge in [-0.25, -0.2) is 4.79 Å². The largest absolute Gasteiger partial charge is 0.508 e. The first-order chi connectivity index (χ1) is 11.0.